The van der Waals surface area contributed by atoms with Crippen LogP contribution < -0.4 is 11.0 Å². The molecule has 0 atom stereocenters. The highest BCUT2D eigenvalue weighted by molar-refractivity contribution is 6.31. The van der Waals surface area contributed by atoms with Gasteiger partial charge < -0.3 is 0 Å². The number of carbonyl (C=O) groups is 1. The lowest BCUT2D eigenvalue weighted by Gasteiger charge is -2.10. The molecule has 0 aliphatic carbocycles. The molecule has 0 aliphatic heterocycles. The molecular weight excluding hydrogens is 400 g/mol. The molecule has 1 amide bonds. The third-order valence-corrected chi connectivity index (χ3v) is 4.82. The first-order valence-electron chi connectivity index (χ1n) is 9.22. The lowest BCUT2D eigenvalue weighted by molar-refractivity contribution is 0.0950. The first kappa shape index (κ1) is 19.5. The van der Waals surface area contributed by atoms with Gasteiger partial charge in [0, 0.05) is 10.4 Å². The molecule has 0 aliphatic rings. The fourth-order valence-corrected chi connectivity index (χ4v) is 3.26. The number of fused-ring (bicyclic) bond motifs is 1. The quantitative estimate of drug-likeness (QED) is 0.400. The molecule has 6 nitrogen and oxygen atoms in total. The number of halogens is 1. The molecule has 1 heterocycles. The summed E-state index contributed by atoms with van der Waals surface area (Å²) in [6.07, 6.45) is 0. The fourth-order valence-electron chi connectivity index (χ4n) is 3.07. The third-order valence-electron chi connectivity index (χ3n) is 4.59. The van der Waals surface area contributed by atoms with Crippen LogP contribution in [-0.4, -0.2) is 21.4 Å². The molecule has 1 aromatic heterocycles. The number of rotatable bonds is 4. The second-order valence-electron chi connectivity index (χ2n) is 6.60. The second-order valence-corrected chi connectivity index (χ2v) is 7.03. The molecule has 0 fully saturated rings. The predicted molar refractivity (Wildman–Crippen MR) is 118 cm³/mol. The molecule has 0 bridgehead atoms. The van der Waals surface area contributed by atoms with Crippen LogP contribution in [0.4, 0.5) is 0 Å². The standard InChI is InChI=1S/C23H17ClN4O2/c1-15(16-8-7-9-17(24)14-16)25-26-22(29)21-19-12-5-6-13-20(19)23(30)28(27-21)18-10-3-2-4-11-18/h2-14H,1H3,(H,26,29)/b25-15-. The Balaban J connectivity index is 1.76. The molecule has 7 heteroatoms. The highest BCUT2D eigenvalue weighted by Crippen LogP contribution is 2.15. The molecule has 0 radical (unpaired) electrons. The minimum absolute atomic E-state index is 0.108. The van der Waals surface area contributed by atoms with Gasteiger partial charge in [-0.3, -0.25) is 9.59 Å². The normalized spacial score (nSPS) is 11.5. The summed E-state index contributed by atoms with van der Waals surface area (Å²) in [5.41, 5.74) is 4.29. The van der Waals surface area contributed by atoms with Crippen molar-refractivity contribution in [2.45, 2.75) is 6.92 Å². The minimum atomic E-state index is -0.516. The van der Waals surface area contributed by atoms with E-state index in [2.05, 4.69) is 15.6 Å². The second kappa shape index (κ2) is 8.31. The summed E-state index contributed by atoms with van der Waals surface area (Å²) in [6, 6.07) is 23.0. The molecule has 4 aromatic rings. The van der Waals surface area contributed by atoms with Gasteiger partial charge in [0.25, 0.3) is 11.5 Å². The number of nitrogens with zero attached hydrogens (tertiary/aromatic N) is 3. The molecule has 0 unspecified atom stereocenters. The van der Waals surface area contributed by atoms with Crippen LogP contribution >= 0.6 is 11.6 Å². The van der Waals surface area contributed by atoms with Crippen LogP contribution in [0.5, 0.6) is 0 Å². The van der Waals surface area contributed by atoms with E-state index in [1.165, 1.54) is 4.68 Å². The Bertz CT molecular complexity index is 1330. The molecule has 0 saturated carbocycles. The number of amides is 1. The number of para-hydroxylation sites is 1. The lowest BCUT2D eigenvalue weighted by atomic mass is 10.1. The number of nitrogens with one attached hydrogen (secondary N) is 1. The first-order valence-corrected chi connectivity index (χ1v) is 9.60. The van der Waals surface area contributed by atoms with E-state index >= 15 is 0 Å². The van der Waals surface area contributed by atoms with E-state index in [0.29, 0.717) is 27.2 Å². The maximum absolute atomic E-state index is 12.9. The van der Waals surface area contributed by atoms with Gasteiger partial charge in [-0.05, 0) is 42.8 Å². The van der Waals surface area contributed by atoms with E-state index in [9.17, 15) is 9.59 Å². The molecule has 4 rings (SSSR count). The van der Waals surface area contributed by atoms with Gasteiger partial charge in [0.05, 0.1) is 16.8 Å². The van der Waals surface area contributed by atoms with Crippen molar-refractivity contribution >= 4 is 34.0 Å². The molecular formula is C23H17ClN4O2. The smallest absolute Gasteiger partial charge is 0.267 e. The Kier molecular flexibility index (Phi) is 5.41. The largest absolute Gasteiger partial charge is 0.292 e. The Labute approximate surface area is 177 Å². The van der Waals surface area contributed by atoms with E-state index in [1.807, 2.05) is 18.2 Å². The van der Waals surface area contributed by atoms with Crippen LogP contribution in [0.2, 0.25) is 5.02 Å². The van der Waals surface area contributed by atoms with E-state index < -0.39 is 5.91 Å². The van der Waals surface area contributed by atoms with Crippen LogP contribution in [0.15, 0.2) is 88.8 Å². The van der Waals surface area contributed by atoms with E-state index in [4.69, 9.17) is 11.6 Å². The highest BCUT2D eigenvalue weighted by atomic mass is 35.5. The minimum Gasteiger partial charge on any atom is -0.267 e. The summed E-state index contributed by atoms with van der Waals surface area (Å²) in [7, 11) is 0. The maximum atomic E-state index is 12.9. The summed E-state index contributed by atoms with van der Waals surface area (Å²) in [4.78, 5) is 25.8. The zero-order valence-corrected chi connectivity index (χ0v) is 16.8. The van der Waals surface area contributed by atoms with Crippen molar-refractivity contribution in [2.75, 3.05) is 0 Å². The van der Waals surface area contributed by atoms with Crippen LogP contribution in [0.1, 0.15) is 23.0 Å². The van der Waals surface area contributed by atoms with E-state index in [1.54, 1.807) is 67.6 Å². The van der Waals surface area contributed by atoms with Gasteiger partial charge in [0.1, 0.15) is 0 Å². The maximum Gasteiger partial charge on any atom is 0.292 e. The Morgan fingerprint density at radius 1 is 0.967 bits per heavy atom. The van der Waals surface area contributed by atoms with Crippen LogP contribution in [0, 0.1) is 0 Å². The van der Waals surface area contributed by atoms with Gasteiger partial charge in [-0.15, -0.1) is 0 Å². The number of carbonyl (C=O) groups excluding carboxylic acids is 1. The van der Waals surface area contributed by atoms with Crippen molar-refractivity contribution in [3.05, 3.63) is 105 Å². The first-order chi connectivity index (χ1) is 14.5. The topological polar surface area (TPSA) is 76.3 Å². The van der Waals surface area contributed by atoms with Crippen molar-refractivity contribution in [3.8, 4) is 5.69 Å². The Morgan fingerprint density at radius 3 is 2.40 bits per heavy atom. The monoisotopic (exact) mass is 416 g/mol. The summed E-state index contributed by atoms with van der Waals surface area (Å²) in [5.74, 6) is -0.516. The van der Waals surface area contributed by atoms with Crippen LogP contribution in [0.3, 0.4) is 0 Å². The number of hydrazone groups is 1. The third kappa shape index (κ3) is 3.86. The van der Waals surface area contributed by atoms with Crippen molar-refractivity contribution in [3.63, 3.8) is 0 Å². The Morgan fingerprint density at radius 2 is 1.67 bits per heavy atom. The molecule has 30 heavy (non-hydrogen) atoms. The molecule has 0 spiro atoms. The van der Waals surface area contributed by atoms with Crippen molar-refractivity contribution in [1.82, 2.24) is 15.2 Å². The molecule has 148 valence electrons. The number of benzene rings is 3. The van der Waals surface area contributed by atoms with Crippen molar-refractivity contribution in [2.24, 2.45) is 5.10 Å². The summed E-state index contributed by atoms with van der Waals surface area (Å²) >= 11 is 6.02. The summed E-state index contributed by atoms with van der Waals surface area (Å²) in [5, 5.41) is 9.95. The van der Waals surface area contributed by atoms with Gasteiger partial charge in [-0.1, -0.05) is 60.1 Å². The highest BCUT2D eigenvalue weighted by Gasteiger charge is 2.17. The van der Waals surface area contributed by atoms with Gasteiger partial charge in [-0.2, -0.15) is 14.9 Å². The Hall–Kier alpha value is -3.77. The van der Waals surface area contributed by atoms with E-state index in [-0.39, 0.29) is 11.3 Å². The average molecular weight is 417 g/mol. The van der Waals surface area contributed by atoms with Crippen LogP contribution in [0.25, 0.3) is 16.5 Å². The molecule has 0 saturated heterocycles. The number of aromatic nitrogens is 2. The fraction of sp³-hybridized carbons (Fsp3) is 0.0435. The zero-order valence-electron chi connectivity index (χ0n) is 16.0. The molecule has 3 aromatic carbocycles. The van der Waals surface area contributed by atoms with Gasteiger partial charge >= 0.3 is 0 Å². The SMILES string of the molecule is C/C(=N/NC(=O)c1nn(-c2ccccc2)c(=O)c2ccccc12)c1cccc(Cl)c1. The van der Waals surface area contributed by atoms with Gasteiger partial charge in [-0.25, -0.2) is 5.43 Å². The van der Waals surface area contributed by atoms with E-state index in [0.717, 1.165) is 5.56 Å². The number of hydrogen-bond acceptors (Lipinski definition) is 4. The summed E-state index contributed by atoms with van der Waals surface area (Å²) < 4.78 is 1.23. The lowest BCUT2D eigenvalue weighted by Crippen LogP contribution is -2.28. The predicted octanol–water partition coefficient (Wildman–Crippen LogP) is 4.19. The van der Waals surface area contributed by atoms with Crippen molar-refractivity contribution in [1.29, 1.82) is 0 Å². The number of hydrogen-bond donors (Lipinski definition) is 1. The molecule has 1 N–H and O–H groups in total. The zero-order chi connectivity index (χ0) is 21.1. The average Bonchev–Trinajstić information content (AvgIpc) is 2.78. The van der Waals surface area contributed by atoms with Crippen LogP contribution in [-0.2, 0) is 0 Å². The van der Waals surface area contributed by atoms with Gasteiger partial charge in [0.2, 0.25) is 0 Å². The summed E-state index contributed by atoms with van der Waals surface area (Å²) in [6.45, 7) is 1.77. The van der Waals surface area contributed by atoms with Gasteiger partial charge in [0.15, 0.2) is 5.69 Å². The van der Waals surface area contributed by atoms with Crippen molar-refractivity contribution < 1.29 is 4.79 Å².